The van der Waals surface area contributed by atoms with Crippen molar-refractivity contribution in [2.24, 2.45) is 5.73 Å². The Kier molecular flexibility index (Phi) is 7.38. The van der Waals surface area contributed by atoms with E-state index >= 15 is 0 Å². The van der Waals surface area contributed by atoms with Gasteiger partial charge in [0.2, 0.25) is 5.91 Å². The third kappa shape index (κ3) is 5.17. The lowest BCUT2D eigenvalue weighted by atomic mass is 10.1. The number of nitrogens with two attached hydrogens (primary N) is 1. The lowest BCUT2D eigenvalue weighted by Gasteiger charge is -2.32. The molecule has 1 aliphatic heterocycles. The van der Waals surface area contributed by atoms with Crippen LogP contribution in [0.4, 0.5) is 5.69 Å². The summed E-state index contributed by atoms with van der Waals surface area (Å²) < 4.78 is 10.4. The zero-order chi connectivity index (χ0) is 19.1. The number of ether oxygens (including phenoxy) is 2. The van der Waals surface area contributed by atoms with Crippen LogP contribution in [0.2, 0.25) is 0 Å². The van der Waals surface area contributed by atoms with Crippen molar-refractivity contribution in [2.45, 2.75) is 12.5 Å². The Balaban J connectivity index is 2.12. The Labute approximate surface area is 154 Å². The summed E-state index contributed by atoms with van der Waals surface area (Å²) in [5.41, 5.74) is 6.54. The lowest BCUT2D eigenvalue weighted by molar-refractivity contribution is -0.118. The van der Waals surface area contributed by atoms with Crippen LogP contribution in [0.25, 0.3) is 0 Å². The monoisotopic (exact) mass is 364 g/mol. The van der Waals surface area contributed by atoms with Crippen LogP contribution in [0.1, 0.15) is 16.8 Å². The summed E-state index contributed by atoms with van der Waals surface area (Å²) in [6, 6.07) is 5.06. The molecule has 0 aromatic heterocycles. The van der Waals surface area contributed by atoms with Gasteiger partial charge in [0.25, 0.3) is 5.91 Å². The van der Waals surface area contributed by atoms with Crippen molar-refractivity contribution in [3.05, 3.63) is 23.8 Å². The average Bonchev–Trinajstić information content (AvgIpc) is 2.66. The second-order valence-electron chi connectivity index (χ2n) is 6.36. The molecular formula is C18H28N4O4. The summed E-state index contributed by atoms with van der Waals surface area (Å²) >= 11 is 0. The van der Waals surface area contributed by atoms with E-state index in [1.807, 2.05) is 11.9 Å². The van der Waals surface area contributed by atoms with Gasteiger partial charge < -0.3 is 30.3 Å². The Morgan fingerprint density at radius 3 is 2.50 bits per heavy atom. The quantitative estimate of drug-likeness (QED) is 0.726. The molecule has 1 aromatic rings. The number of rotatable bonds is 7. The van der Waals surface area contributed by atoms with Crippen LogP contribution in [0.5, 0.6) is 5.75 Å². The second kappa shape index (κ2) is 9.51. The molecular weight excluding hydrogens is 336 g/mol. The van der Waals surface area contributed by atoms with E-state index in [-0.39, 0.29) is 30.9 Å². The Hall–Kier alpha value is -2.16. The normalized spacial score (nSPS) is 16.2. The molecule has 8 nitrogen and oxygen atoms in total. The maximum Gasteiger partial charge on any atom is 0.254 e. The first-order chi connectivity index (χ1) is 12.5. The van der Waals surface area contributed by atoms with Crippen molar-refractivity contribution >= 4 is 17.5 Å². The van der Waals surface area contributed by atoms with E-state index in [4.69, 9.17) is 15.2 Å². The van der Waals surface area contributed by atoms with E-state index in [1.54, 1.807) is 18.2 Å². The Morgan fingerprint density at radius 1 is 1.23 bits per heavy atom. The largest absolute Gasteiger partial charge is 0.495 e. The number of hydrogen-bond acceptors (Lipinski definition) is 6. The third-order valence-corrected chi connectivity index (χ3v) is 4.52. The maximum atomic E-state index is 12.7. The molecule has 0 spiro atoms. The summed E-state index contributed by atoms with van der Waals surface area (Å²) in [5.74, 6) is 0.202. The number of likely N-dealkylation sites (N-methyl/N-ethyl adjacent to an activating group) is 1. The van der Waals surface area contributed by atoms with E-state index in [0.29, 0.717) is 30.1 Å². The fourth-order valence-corrected chi connectivity index (χ4v) is 2.80. The number of carbonyl (C=O) groups is 2. The molecule has 1 unspecified atom stereocenters. The van der Waals surface area contributed by atoms with Crippen molar-refractivity contribution in [3.63, 3.8) is 0 Å². The highest BCUT2D eigenvalue weighted by Gasteiger charge is 2.22. The maximum absolute atomic E-state index is 12.7. The summed E-state index contributed by atoms with van der Waals surface area (Å²) in [7, 11) is 5.07. The van der Waals surface area contributed by atoms with Gasteiger partial charge in [-0.1, -0.05) is 0 Å². The van der Waals surface area contributed by atoms with Gasteiger partial charge in [0.05, 0.1) is 25.3 Å². The number of benzene rings is 1. The molecule has 0 aliphatic carbocycles. The highest BCUT2D eigenvalue weighted by Crippen LogP contribution is 2.26. The Morgan fingerprint density at radius 2 is 1.92 bits per heavy atom. The van der Waals surface area contributed by atoms with Gasteiger partial charge in [0, 0.05) is 45.4 Å². The van der Waals surface area contributed by atoms with E-state index < -0.39 is 0 Å². The molecule has 0 saturated carbocycles. The molecule has 2 rings (SSSR count). The first-order valence-corrected chi connectivity index (χ1v) is 8.67. The molecule has 0 radical (unpaired) electrons. The number of nitrogens with zero attached hydrogens (tertiary/aromatic N) is 2. The number of hydrogen-bond donors (Lipinski definition) is 2. The van der Waals surface area contributed by atoms with E-state index in [9.17, 15) is 9.59 Å². The van der Waals surface area contributed by atoms with E-state index in [2.05, 4.69) is 10.2 Å². The third-order valence-electron chi connectivity index (χ3n) is 4.52. The van der Waals surface area contributed by atoms with Crippen LogP contribution in [-0.2, 0) is 9.53 Å². The minimum atomic E-state index is -0.351. The summed E-state index contributed by atoms with van der Waals surface area (Å²) in [5, 5.41) is 2.79. The zero-order valence-corrected chi connectivity index (χ0v) is 15.7. The fraction of sp³-hybridized carbons (Fsp3) is 0.556. The van der Waals surface area contributed by atoms with Gasteiger partial charge in [-0.25, -0.2) is 0 Å². The number of anilines is 1. The summed E-state index contributed by atoms with van der Waals surface area (Å²) in [6.45, 7) is 3.33. The van der Waals surface area contributed by atoms with Crippen molar-refractivity contribution in [3.8, 4) is 5.75 Å². The van der Waals surface area contributed by atoms with Gasteiger partial charge in [-0.05, 0) is 25.2 Å². The molecule has 1 saturated heterocycles. The van der Waals surface area contributed by atoms with Crippen LogP contribution in [0.3, 0.4) is 0 Å². The minimum Gasteiger partial charge on any atom is -0.495 e. The first-order valence-electron chi connectivity index (χ1n) is 8.67. The second-order valence-corrected chi connectivity index (χ2v) is 6.36. The predicted octanol–water partition coefficient (Wildman–Crippen LogP) is 0.385. The molecule has 8 heteroatoms. The van der Waals surface area contributed by atoms with Gasteiger partial charge in [-0.3, -0.25) is 9.59 Å². The minimum absolute atomic E-state index is 0.0482. The molecule has 1 aromatic carbocycles. The smallest absolute Gasteiger partial charge is 0.254 e. The predicted molar refractivity (Wildman–Crippen MR) is 99.5 cm³/mol. The highest BCUT2D eigenvalue weighted by molar-refractivity contribution is 5.98. The molecule has 144 valence electrons. The summed E-state index contributed by atoms with van der Waals surface area (Å²) in [6.07, 6.45) is -0.219. The highest BCUT2D eigenvalue weighted by atomic mass is 16.5. The first kappa shape index (κ1) is 20.2. The van der Waals surface area contributed by atoms with Gasteiger partial charge in [0.15, 0.2) is 0 Å². The van der Waals surface area contributed by atoms with Crippen LogP contribution >= 0.6 is 0 Å². The molecule has 1 aliphatic rings. The van der Waals surface area contributed by atoms with Gasteiger partial charge >= 0.3 is 0 Å². The van der Waals surface area contributed by atoms with Crippen LogP contribution in [0, 0.1) is 0 Å². The van der Waals surface area contributed by atoms with Crippen LogP contribution in [-0.4, -0.2) is 81.7 Å². The van der Waals surface area contributed by atoms with Gasteiger partial charge in [-0.2, -0.15) is 0 Å². The molecule has 2 amide bonds. The van der Waals surface area contributed by atoms with Gasteiger partial charge in [0.1, 0.15) is 5.75 Å². The van der Waals surface area contributed by atoms with Crippen LogP contribution < -0.4 is 15.8 Å². The average molecular weight is 364 g/mol. The van der Waals surface area contributed by atoms with Crippen molar-refractivity contribution < 1.29 is 19.1 Å². The molecule has 26 heavy (non-hydrogen) atoms. The zero-order valence-electron chi connectivity index (χ0n) is 15.7. The van der Waals surface area contributed by atoms with Crippen molar-refractivity contribution in [1.82, 2.24) is 9.80 Å². The fourth-order valence-electron chi connectivity index (χ4n) is 2.80. The molecule has 1 atom stereocenters. The Bertz CT molecular complexity index is 626. The lowest BCUT2D eigenvalue weighted by Crippen LogP contribution is -2.47. The number of carbonyl (C=O) groups excluding carboxylic acids is 2. The molecule has 1 fully saturated rings. The number of piperazine rings is 1. The number of amides is 2. The van der Waals surface area contributed by atoms with Crippen molar-refractivity contribution in [2.75, 3.05) is 59.3 Å². The number of nitrogens with one attached hydrogen (secondary N) is 1. The number of methoxy groups -OCH3 is 2. The molecule has 3 N–H and O–H groups in total. The van der Waals surface area contributed by atoms with E-state index in [1.165, 1.54) is 14.2 Å². The SMILES string of the molecule is COc1ccc(C(=O)N2CCN(C)CC2)cc1NC(=O)CC(CN)OC. The van der Waals surface area contributed by atoms with E-state index in [0.717, 1.165) is 13.1 Å². The molecule has 0 bridgehead atoms. The summed E-state index contributed by atoms with van der Waals surface area (Å²) in [4.78, 5) is 29.0. The molecule has 1 heterocycles. The van der Waals surface area contributed by atoms with Crippen molar-refractivity contribution in [1.29, 1.82) is 0 Å². The van der Waals surface area contributed by atoms with Crippen LogP contribution in [0.15, 0.2) is 18.2 Å². The standard InChI is InChI=1S/C18H28N4O4/c1-21-6-8-22(9-7-21)18(24)13-4-5-16(26-3)15(10-13)20-17(23)11-14(12-19)25-2/h4-5,10,14H,6-9,11-12,19H2,1-3H3,(H,20,23). The van der Waals surface area contributed by atoms with Gasteiger partial charge in [-0.15, -0.1) is 0 Å². The topological polar surface area (TPSA) is 97.1 Å².